The number of nitrogens with two attached hydrogens (primary N) is 1. The fourth-order valence-electron chi connectivity index (χ4n) is 1.84. The fourth-order valence-corrected chi connectivity index (χ4v) is 1.84. The van der Waals surface area contributed by atoms with Crippen LogP contribution in [-0.2, 0) is 0 Å². The Kier molecular flexibility index (Phi) is 5.98. The lowest BCUT2D eigenvalue weighted by Crippen LogP contribution is -2.27. The van der Waals surface area contributed by atoms with Crippen molar-refractivity contribution in [3.05, 3.63) is 23.8 Å². The molecule has 4 nitrogen and oxygen atoms in total. The van der Waals surface area contributed by atoms with Gasteiger partial charge < -0.3 is 20.1 Å². The molecule has 0 saturated carbocycles. The van der Waals surface area contributed by atoms with E-state index in [4.69, 9.17) is 10.5 Å². The number of rotatable bonds is 7. The van der Waals surface area contributed by atoms with Crippen molar-refractivity contribution >= 4 is 0 Å². The lowest BCUT2D eigenvalue weighted by atomic mass is 10.1. The number of likely N-dealkylation sites (N-methyl/N-ethyl adjacent to an activating group) is 1. The molecule has 1 rings (SSSR count). The largest absolute Gasteiger partial charge is 0.490 e. The average molecular weight is 274 g/mol. The minimum absolute atomic E-state index is 0.000180. The Morgan fingerprint density at radius 1 is 1.26 bits per heavy atom. The predicted molar refractivity (Wildman–Crippen MR) is 69.7 cm³/mol. The molecule has 0 fully saturated rings. The molecule has 19 heavy (non-hydrogen) atoms. The summed E-state index contributed by atoms with van der Waals surface area (Å²) in [5.74, 6) is 0.343. The maximum absolute atomic E-state index is 12.3. The van der Waals surface area contributed by atoms with E-state index in [-0.39, 0.29) is 11.8 Å². The highest BCUT2D eigenvalue weighted by Gasteiger charge is 2.17. The smallest absolute Gasteiger partial charge is 0.387 e. The third kappa shape index (κ3) is 4.33. The van der Waals surface area contributed by atoms with Gasteiger partial charge in [-0.1, -0.05) is 6.07 Å². The summed E-state index contributed by atoms with van der Waals surface area (Å²) < 4.78 is 34.3. The van der Waals surface area contributed by atoms with Crippen LogP contribution in [0.15, 0.2) is 18.2 Å². The van der Waals surface area contributed by atoms with Crippen LogP contribution in [0.4, 0.5) is 8.78 Å². The van der Waals surface area contributed by atoms with Crippen molar-refractivity contribution in [2.75, 3.05) is 27.2 Å². The number of alkyl halides is 2. The Balaban J connectivity index is 3.07. The summed E-state index contributed by atoms with van der Waals surface area (Å²) in [6.07, 6.45) is 0. The lowest BCUT2D eigenvalue weighted by Gasteiger charge is -2.24. The summed E-state index contributed by atoms with van der Waals surface area (Å²) in [5, 5.41) is 0. The fraction of sp³-hybridized carbons (Fsp3) is 0.538. The van der Waals surface area contributed by atoms with Crippen LogP contribution in [0.25, 0.3) is 0 Å². The molecule has 1 atom stereocenters. The third-order valence-electron chi connectivity index (χ3n) is 2.72. The van der Waals surface area contributed by atoms with Gasteiger partial charge in [-0.2, -0.15) is 8.78 Å². The Labute approximate surface area is 112 Å². The van der Waals surface area contributed by atoms with Gasteiger partial charge in [-0.15, -0.1) is 0 Å². The second-order valence-corrected chi connectivity index (χ2v) is 4.23. The van der Waals surface area contributed by atoms with Gasteiger partial charge in [-0.3, -0.25) is 0 Å². The molecule has 2 N–H and O–H groups in total. The first kappa shape index (κ1) is 15.7. The van der Waals surface area contributed by atoms with E-state index in [0.717, 1.165) is 5.56 Å². The highest BCUT2D eigenvalue weighted by atomic mass is 19.3. The highest BCUT2D eigenvalue weighted by molar-refractivity contribution is 5.44. The number of hydrogen-bond donors (Lipinski definition) is 1. The van der Waals surface area contributed by atoms with E-state index >= 15 is 0 Å². The van der Waals surface area contributed by atoms with E-state index < -0.39 is 6.61 Å². The SMILES string of the molecule is CCOc1cc(C(CN)N(C)C)ccc1OC(F)F. The van der Waals surface area contributed by atoms with Crippen molar-refractivity contribution < 1.29 is 18.3 Å². The summed E-state index contributed by atoms with van der Waals surface area (Å²) in [6, 6.07) is 4.90. The predicted octanol–water partition coefficient (Wildman–Crippen LogP) is 2.25. The van der Waals surface area contributed by atoms with Crippen LogP contribution in [0.2, 0.25) is 0 Å². The van der Waals surface area contributed by atoms with E-state index in [1.54, 1.807) is 19.1 Å². The average Bonchev–Trinajstić information content (AvgIpc) is 2.32. The molecular formula is C13H20F2N2O2. The van der Waals surface area contributed by atoms with E-state index in [1.807, 2.05) is 19.0 Å². The Bertz CT molecular complexity index is 400. The Morgan fingerprint density at radius 3 is 2.42 bits per heavy atom. The molecule has 1 aromatic carbocycles. The van der Waals surface area contributed by atoms with Gasteiger partial charge in [0, 0.05) is 12.6 Å². The standard InChI is InChI=1S/C13H20F2N2O2/c1-4-18-12-7-9(10(8-16)17(2)3)5-6-11(12)19-13(14)15/h5-7,10,13H,4,8,16H2,1-3H3. The Hall–Kier alpha value is -1.40. The van der Waals surface area contributed by atoms with Crippen LogP contribution in [-0.4, -0.2) is 38.8 Å². The van der Waals surface area contributed by atoms with Crippen molar-refractivity contribution in [3.8, 4) is 11.5 Å². The molecule has 1 unspecified atom stereocenters. The van der Waals surface area contributed by atoms with Crippen LogP contribution in [0.1, 0.15) is 18.5 Å². The Morgan fingerprint density at radius 2 is 1.95 bits per heavy atom. The van der Waals surface area contributed by atoms with E-state index in [9.17, 15) is 8.78 Å². The zero-order valence-electron chi connectivity index (χ0n) is 11.4. The zero-order valence-corrected chi connectivity index (χ0v) is 11.4. The van der Waals surface area contributed by atoms with Gasteiger partial charge in [0.25, 0.3) is 0 Å². The lowest BCUT2D eigenvalue weighted by molar-refractivity contribution is -0.0514. The van der Waals surface area contributed by atoms with Gasteiger partial charge >= 0.3 is 6.61 Å². The molecule has 0 radical (unpaired) electrons. The van der Waals surface area contributed by atoms with E-state index in [0.29, 0.717) is 18.9 Å². The van der Waals surface area contributed by atoms with Crippen LogP contribution in [0.3, 0.4) is 0 Å². The summed E-state index contributed by atoms with van der Waals surface area (Å²) in [6.45, 7) is -0.291. The molecule has 0 heterocycles. The molecule has 0 aromatic heterocycles. The maximum Gasteiger partial charge on any atom is 0.387 e. The third-order valence-corrected chi connectivity index (χ3v) is 2.72. The molecule has 0 aliphatic rings. The molecule has 0 bridgehead atoms. The number of benzene rings is 1. The molecule has 0 spiro atoms. The molecule has 0 aliphatic carbocycles. The monoisotopic (exact) mass is 274 g/mol. The van der Waals surface area contributed by atoms with Crippen molar-refractivity contribution in [3.63, 3.8) is 0 Å². The van der Waals surface area contributed by atoms with Gasteiger partial charge in [0.1, 0.15) is 0 Å². The molecule has 0 amide bonds. The zero-order chi connectivity index (χ0) is 14.4. The number of hydrogen-bond acceptors (Lipinski definition) is 4. The van der Waals surface area contributed by atoms with Gasteiger partial charge in [-0.25, -0.2) is 0 Å². The van der Waals surface area contributed by atoms with Crippen molar-refractivity contribution in [2.24, 2.45) is 5.73 Å². The second-order valence-electron chi connectivity index (χ2n) is 4.23. The van der Waals surface area contributed by atoms with Crippen LogP contribution in [0.5, 0.6) is 11.5 Å². The topological polar surface area (TPSA) is 47.7 Å². The van der Waals surface area contributed by atoms with E-state index in [2.05, 4.69) is 4.74 Å². The minimum Gasteiger partial charge on any atom is -0.490 e. The van der Waals surface area contributed by atoms with E-state index in [1.165, 1.54) is 6.07 Å². The highest BCUT2D eigenvalue weighted by Crippen LogP contribution is 2.32. The van der Waals surface area contributed by atoms with Crippen LogP contribution >= 0.6 is 0 Å². The molecule has 6 heteroatoms. The van der Waals surface area contributed by atoms with Crippen molar-refractivity contribution in [1.29, 1.82) is 0 Å². The first-order valence-electron chi connectivity index (χ1n) is 6.07. The summed E-state index contributed by atoms with van der Waals surface area (Å²) in [7, 11) is 3.81. The molecule has 0 aliphatic heterocycles. The van der Waals surface area contributed by atoms with Crippen molar-refractivity contribution in [1.82, 2.24) is 4.90 Å². The first-order valence-corrected chi connectivity index (χ1v) is 6.07. The van der Waals surface area contributed by atoms with Gasteiger partial charge in [-0.05, 0) is 38.7 Å². The van der Waals surface area contributed by atoms with Gasteiger partial charge in [0.2, 0.25) is 0 Å². The maximum atomic E-state index is 12.3. The minimum atomic E-state index is -2.87. The van der Waals surface area contributed by atoms with Gasteiger partial charge in [0.05, 0.1) is 6.61 Å². The molecule has 108 valence electrons. The quantitative estimate of drug-likeness (QED) is 0.828. The summed E-state index contributed by atoms with van der Waals surface area (Å²) in [5.41, 5.74) is 6.62. The van der Waals surface area contributed by atoms with Crippen molar-refractivity contribution in [2.45, 2.75) is 19.6 Å². The number of halogens is 2. The second kappa shape index (κ2) is 7.25. The normalized spacial score (nSPS) is 12.8. The molecular weight excluding hydrogens is 254 g/mol. The van der Waals surface area contributed by atoms with Crippen LogP contribution in [0, 0.1) is 0 Å². The van der Waals surface area contributed by atoms with Crippen LogP contribution < -0.4 is 15.2 Å². The molecule has 1 aromatic rings. The first-order chi connectivity index (χ1) is 8.99. The number of ether oxygens (including phenoxy) is 2. The summed E-state index contributed by atoms with van der Waals surface area (Å²) >= 11 is 0. The number of nitrogens with zero attached hydrogens (tertiary/aromatic N) is 1. The molecule has 0 saturated heterocycles. The summed E-state index contributed by atoms with van der Waals surface area (Å²) in [4.78, 5) is 1.96. The van der Waals surface area contributed by atoms with Gasteiger partial charge in [0.15, 0.2) is 11.5 Å².